The normalized spacial score (nSPS) is 44.4. The number of fused-ring (bicyclic) bond motifs is 10. The fourth-order valence-electron chi connectivity index (χ4n) is 14.1. The summed E-state index contributed by atoms with van der Waals surface area (Å²) in [5.41, 5.74) is 9.49. The van der Waals surface area contributed by atoms with Gasteiger partial charge in [0.1, 0.15) is 6.33 Å². The van der Waals surface area contributed by atoms with Crippen LogP contribution < -0.4 is 0 Å². The van der Waals surface area contributed by atoms with Crippen LogP contribution >= 0.6 is 0 Å². The van der Waals surface area contributed by atoms with E-state index in [0.29, 0.717) is 10.8 Å². The van der Waals surface area contributed by atoms with E-state index in [1.165, 1.54) is 68.1 Å². The van der Waals surface area contributed by atoms with E-state index in [0.717, 1.165) is 79.7 Å². The zero-order valence-corrected chi connectivity index (χ0v) is 32.0. The van der Waals surface area contributed by atoms with Crippen LogP contribution in [-0.4, -0.2) is 42.4 Å². The van der Waals surface area contributed by atoms with Crippen molar-refractivity contribution in [2.45, 2.75) is 130 Å². The minimum atomic E-state index is -0.115. The first-order valence-electron chi connectivity index (χ1n) is 20.7. The molecule has 8 aliphatic rings. The molecule has 0 amide bonds. The van der Waals surface area contributed by atoms with Crippen molar-refractivity contribution >= 4 is 11.1 Å². The molecule has 0 saturated heterocycles. The highest BCUT2D eigenvalue weighted by molar-refractivity contribution is 5.72. The summed E-state index contributed by atoms with van der Waals surface area (Å²) in [6.45, 7) is 9.97. The molecule has 2 heterocycles. The van der Waals surface area contributed by atoms with Gasteiger partial charge in [0.15, 0.2) is 0 Å². The second kappa shape index (κ2) is 12.8. The summed E-state index contributed by atoms with van der Waals surface area (Å²) in [6.07, 6.45) is 36.9. The van der Waals surface area contributed by atoms with Crippen molar-refractivity contribution in [3.8, 4) is 0 Å². The SMILES string of the molecule is C[C@]12CC[C@H](O)CC1=CCC1C2CC[C@]2(C)C(c3cnccn3)=CCC12.C[C@]12CC[C@H](O)CC1=CCC1C2CC[C@]2(C)C(c3cncnc3)=CCC12. The summed E-state index contributed by atoms with van der Waals surface area (Å²) >= 11 is 0. The molecule has 6 nitrogen and oxygen atoms in total. The molecule has 0 spiro atoms. The lowest BCUT2D eigenvalue weighted by atomic mass is 9.47. The largest absolute Gasteiger partial charge is 0.393 e. The van der Waals surface area contributed by atoms with Crippen molar-refractivity contribution < 1.29 is 10.2 Å². The molecule has 276 valence electrons. The third-order valence-corrected chi connectivity index (χ3v) is 17.0. The van der Waals surface area contributed by atoms with Crippen molar-refractivity contribution in [3.63, 3.8) is 0 Å². The van der Waals surface area contributed by atoms with E-state index in [9.17, 15) is 10.2 Å². The van der Waals surface area contributed by atoms with Crippen LogP contribution in [0.2, 0.25) is 0 Å². The minimum Gasteiger partial charge on any atom is -0.393 e. The van der Waals surface area contributed by atoms with Crippen molar-refractivity contribution in [1.29, 1.82) is 0 Å². The number of hydrogen-bond donors (Lipinski definition) is 2. The van der Waals surface area contributed by atoms with E-state index in [4.69, 9.17) is 0 Å². The minimum absolute atomic E-state index is 0.113. The lowest BCUT2D eigenvalue weighted by molar-refractivity contribution is -0.0238. The molecule has 10 rings (SSSR count). The molecular weight excluding hydrogens is 641 g/mol. The van der Waals surface area contributed by atoms with Crippen LogP contribution in [0.5, 0.6) is 0 Å². The van der Waals surface area contributed by atoms with Gasteiger partial charge in [0.2, 0.25) is 0 Å². The van der Waals surface area contributed by atoms with Gasteiger partial charge in [0, 0.05) is 30.4 Å². The first-order valence-corrected chi connectivity index (χ1v) is 20.7. The number of aromatic nitrogens is 4. The molecule has 0 radical (unpaired) electrons. The maximum absolute atomic E-state index is 10.1. The Labute approximate surface area is 311 Å². The van der Waals surface area contributed by atoms with E-state index in [1.807, 2.05) is 24.8 Å². The number of hydrogen-bond acceptors (Lipinski definition) is 6. The first-order chi connectivity index (χ1) is 25.0. The summed E-state index contributed by atoms with van der Waals surface area (Å²) < 4.78 is 0. The topological polar surface area (TPSA) is 92.0 Å². The monoisotopic (exact) mass is 700 g/mol. The molecule has 6 heteroatoms. The van der Waals surface area contributed by atoms with Crippen LogP contribution in [0.3, 0.4) is 0 Å². The van der Waals surface area contributed by atoms with Gasteiger partial charge in [0.25, 0.3) is 0 Å². The van der Waals surface area contributed by atoms with E-state index in [-0.39, 0.29) is 23.0 Å². The molecule has 4 fully saturated rings. The number of aliphatic hydroxyl groups excluding tert-OH is 2. The van der Waals surface area contributed by atoms with Gasteiger partial charge in [-0.3, -0.25) is 9.97 Å². The summed E-state index contributed by atoms with van der Waals surface area (Å²) in [5.74, 6) is 4.56. The lowest BCUT2D eigenvalue weighted by Crippen LogP contribution is -2.49. The zero-order valence-electron chi connectivity index (χ0n) is 32.0. The van der Waals surface area contributed by atoms with Gasteiger partial charge in [-0.2, -0.15) is 0 Å². The Balaban J connectivity index is 0.000000138. The molecule has 0 aliphatic heterocycles. The maximum atomic E-state index is 10.1. The average Bonchev–Trinajstić information content (AvgIpc) is 3.70. The molecule has 8 aliphatic carbocycles. The van der Waals surface area contributed by atoms with Gasteiger partial charge in [-0.1, -0.05) is 63.1 Å². The molecule has 0 bridgehead atoms. The Morgan fingerprint density at radius 3 is 1.60 bits per heavy atom. The molecular formula is C46H60N4O2. The number of aliphatic hydroxyl groups is 2. The van der Waals surface area contributed by atoms with Crippen molar-refractivity contribution in [3.05, 3.63) is 84.0 Å². The number of rotatable bonds is 2. The second-order valence-electron chi connectivity index (χ2n) is 19.1. The Kier molecular flexibility index (Phi) is 8.58. The van der Waals surface area contributed by atoms with E-state index in [1.54, 1.807) is 23.7 Å². The van der Waals surface area contributed by atoms with Crippen molar-refractivity contribution in [1.82, 2.24) is 19.9 Å². The molecule has 6 unspecified atom stereocenters. The van der Waals surface area contributed by atoms with Crippen LogP contribution in [0.1, 0.15) is 129 Å². The standard InChI is InChI=1S/2C23H30N2O/c1-22-9-7-17(26)11-16(22)3-4-18-20-6-5-19(15-12-24-14-25-13-15)23(20,2)10-8-21(18)22;1-22-9-7-16(26)13-15(22)3-4-17-18-5-6-20(21-14-24-11-12-25-21)23(18,2)10-8-19(17)22/h3,5,12-14,17-18,20-21,26H,4,6-11H2,1-2H3;3,6,11-12,14,16-19,26H,4-5,7-10,13H2,1-2H3/t17-,18?,20?,21?,22-,23+;16-,17?,18?,19?,22-,23-/m00/s1. The predicted molar refractivity (Wildman–Crippen MR) is 206 cm³/mol. The van der Waals surface area contributed by atoms with Gasteiger partial charge in [0.05, 0.1) is 24.1 Å². The Bertz CT molecular complexity index is 1670. The van der Waals surface area contributed by atoms with Crippen LogP contribution in [0.4, 0.5) is 0 Å². The molecule has 2 aromatic heterocycles. The summed E-state index contributed by atoms with van der Waals surface area (Å²) in [4.78, 5) is 17.5. The highest BCUT2D eigenvalue weighted by Crippen LogP contribution is 2.68. The fraction of sp³-hybridized carbons (Fsp3) is 0.652. The van der Waals surface area contributed by atoms with Gasteiger partial charge in [-0.15, -0.1) is 0 Å². The highest BCUT2D eigenvalue weighted by Gasteiger charge is 2.58. The Morgan fingerprint density at radius 1 is 0.538 bits per heavy atom. The van der Waals surface area contributed by atoms with E-state index < -0.39 is 0 Å². The number of allylic oxidation sites excluding steroid dienone is 6. The summed E-state index contributed by atoms with van der Waals surface area (Å²) in [6, 6.07) is 0. The molecule has 2 aromatic rings. The van der Waals surface area contributed by atoms with E-state index in [2.05, 4.69) is 71.9 Å². The molecule has 52 heavy (non-hydrogen) atoms. The zero-order chi connectivity index (χ0) is 35.9. The summed E-state index contributed by atoms with van der Waals surface area (Å²) in [7, 11) is 0. The van der Waals surface area contributed by atoms with Gasteiger partial charge >= 0.3 is 0 Å². The second-order valence-corrected chi connectivity index (χ2v) is 19.1. The quantitative estimate of drug-likeness (QED) is 0.303. The smallest absolute Gasteiger partial charge is 0.115 e. The maximum Gasteiger partial charge on any atom is 0.115 e. The van der Waals surface area contributed by atoms with Gasteiger partial charge in [-0.05, 0) is 158 Å². The Morgan fingerprint density at radius 2 is 1.06 bits per heavy atom. The van der Waals surface area contributed by atoms with Crippen LogP contribution in [0, 0.1) is 57.2 Å². The molecule has 4 saturated carbocycles. The van der Waals surface area contributed by atoms with E-state index >= 15 is 0 Å². The number of nitrogens with zero attached hydrogens (tertiary/aromatic N) is 4. The van der Waals surface area contributed by atoms with Crippen molar-refractivity contribution in [2.24, 2.45) is 57.2 Å². The third kappa shape index (κ3) is 5.31. The highest BCUT2D eigenvalue weighted by atomic mass is 16.3. The van der Waals surface area contributed by atoms with Crippen LogP contribution in [0.25, 0.3) is 11.1 Å². The van der Waals surface area contributed by atoms with Crippen LogP contribution in [-0.2, 0) is 0 Å². The summed E-state index contributed by atoms with van der Waals surface area (Å²) in [5, 5.41) is 20.3. The van der Waals surface area contributed by atoms with Crippen molar-refractivity contribution in [2.75, 3.05) is 0 Å². The van der Waals surface area contributed by atoms with Gasteiger partial charge in [-0.25, -0.2) is 9.97 Å². The predicted octanol–water partition coefficient (Wildman–Crippen LogP) is 9.59. The first kappa shape index (κ1) is 34.8. The average molecular weight is 701 g/mol. The lowest BCUT2D eigenvalue weighted by Gasteiger charge is -2.57. The molecule has 2 N–H and O–H groups in total. The molecule has 0 aromatic carbocycles. The van der Waals surface area contributed by atoms with Crippen LogP contribution in [0.15, 0.2) is 72.8 Å². The Hall–Kier alpha value is -2.96. The third-order valence-electron chi connectivity index (χ3n) is 17.0. The molecule has 12 atom stereocenters. The van der Waals surface area contributed by atoms with Gasteiger partial charge < -0.3 is 10.2 Å². The fourth-order valence-corrected chi connectivity index (χ4v) is 14.1.